The molecule has 1 aromatic carbocycles. The first-order chi connectivity index (χ1) is 22.8. The molecular weight excluding hydrogens is 650 g/mol. The average molecular weight is 708 g/mol. The Labute approximate surface area is 297 Å². The zero-order chi connectivity index (χ0) is 36.2. The molecule has 0 spiro atoms. The highest BCUT2D eigenvalue weighted by atomic mass is 35.5. The van der Waals surface area contributed by atoms with E-state index in [1.165, 1.54) is 0 Å². The van der Waals surface area contributed by atoms with Crippen molar-refractivity contribution < 1.29 is 43.1 Å². The van der Waals surface area contributed by atoms with Gasteiger partial charge in [0.05, 0.1) is 30.0 Å². The van der Waals surface area contributed by atoms with E-state index in [9.17, 15) is 14.7 Å². The molecule has 2 bridgehead atoms. The summed E-state index contributed by atoms with van der Waals surface area (Å²) in [7, 11) is 1.97. The third kappa shape index (κ3) is 7.63. The molecule has 49 heavy (non-hydrogen) atoms. The molecule has 4 fully saturated rings. The topological polar surface area (TPSA) is 113 Å². The van der Waals surface area contributed by atoms with Crippen molar-refractivity contribution in [3.8, 4) is 0 Å². The second-order valence-corrected chi connectivity index (χ2v) is 16.5. The number of esters is 1. The molecule has 276 valence electrons. The minimum atomic E-state index is -1.07. The van der Waals surface area contributed by atoms with Gasteiger partial charge in [0, 0.05) is 29.4 Å². The third-order valence-electron chi connectivity index (χ3n) is 11.5. The number of halogens is 1. The fraction of sp³-hybridized carbons (Fsp3) is 0.789. The fourth-order valence-electron chi connectivity index (χ4n) is 9.16. The van der Waals surface area contributed by atoms with Crippen LogP contribution in [-0.2, 0) is 44.6 Å². The molecule has 0 aliphatic carbocycles. The van der Waals surface area contributed by atoms with E-state index in [1.54, 1.807) is 13.8 Å². The van der Waals surface area contributed by atoms with E-state index in [-0.39, 0.29) is 42.0 Å². The number of nitrogens with zero attached hydrogens (tertiary/aromatic N) is 1. The summed E-state index contributed by atoms with van der Waals surface area (Å²) in [6.07, 6.45) is -2.66. The molecule has 4 aliphatic heterocycles. The summed E-state index contributed by atoms with van der Waals surface area (Å²) >= 11 is 6.10. The van der Waals surface area contributed by atoms with E-state index in [1.807, 2.05) is 79.8 Å². The van der Waals surface area contributed by atoms with Gasteiger partial charge in [-0.15, -0.1) is 0 Å². The van der Waals surface area contributed by atoms with Crippen molar-refractivity contribution in [3.05, 3.63) is 34.9 Å². The van der Waals surface area contributed by atoms with Crippen LogP contribution >= 0.6 is 11.6 Å². The Morgan fingerprint density at radius 3 is 2.31 bits per heavy atom. The second-order valence-electron chi connectivity index (χ2n) is 16.1. The Kier molecular flexibility index (Phi) is 11.4. The summed E-state index contributed by atoms with van der Waals surface area (Å²) in [5.41, 5.74) is -0.843. The number of carbonyl (C=O) groups is 2. The monoisotopic (exact) mass is 707 g/mol. The van der Waals surface area contributed by atoms with Gasteiger partial charge >= 0.3 is 5.97 Å². The van der Waals surface area contributed by atoms with Gasteiger partial charge in [-0.3, -0.25) is 14.5 Å². The summed E-state index contributed by atoms with van der Waals surface area (Å²) in [5.74, 6) is -3.93. The van der Waals surface area contributed by atoms with Gasteiger partial charge in [-0.05, 0) is 91.5 Å². The minimum absolute atomic E-state index is 0.0276. The number of carbonyl (C=O) groups excluding carboxylic acids is 2. The van der Waals surface area contributed by atoms with Crippen LogP contribution in [-0.4, -0.2) is 94.8 Å². The van der Waals surface area contributed by atoms with Crippen LogP contribution in [0.1, 0.15) is 94.1 Å². The molecule has 14 atom stereocenters. The molecule has 4 saturated heterocycles. The molecule has 4 heterocycles. The van der Waals surface area contributed by atoms with Crippen molar-refractivity contribution >= 4 is 23.4 Å². The molecule has 1 aromatic rings. The van der Waals surface area contributed by atoms with E-state index in [4.69, 9.17) is 40.0 Å². The van der Waals surface area contributed by atoms with E-state index >= 15 is 0 Å². The van der Waals surface area contributed by atoms with E-state index in [0.29, 0.717) is 30.8 Å². The Morgan fingerprint density at radius 1 is 1.02 bits per heavy atom. The van der Waals surface area contributed by atoms with E-state index < -0.39 is 59.4 Å². The number of benzene rings is 1. The number of ether oxygens (including phenoxy) is 6. The van der Waals surface area contributed by atoms with Crippen LogP contribution < -0.4 is 0 Å². The van der Waals surface area contributed by atoms with Crippen molar-refractivity contribution in [1.29, 1.82) is 0 Å². The number of ketones is 1. The van der Waals surface area contributed by atoms with Crippen LogP contribution in [0.25, 0.3) is 0 Å². The van der Waals surface area contributed by atoms with Gasteiger partial charge in [-0.1, -0.05) is 51.4 Å². The maximum Gasteiger partial charge on any atom is 0.316 e. The lowest BCUT2D eigenvalue weighted by atomic mass is 9.76. The molecule has 5 rings (SSSR count). The number of aliphatic hydroxyl groups excluding tert-OH is 1. The average Bonchev–Trinajstić information content (AvgIpc) is 3.48. The largest absolute Gasteiger partial charge is 0.458 e. The number of aliphatic hydroxyl groups is 1. The molecule has 5 unspecified atom stereocenters. The van der Waals surface area contributed by atoms with Crippen LogP contribution in [0.4, 0.5) is 0 Å². The van der Waals surface area contributed by atoms with Gasteiger partial charge < -0.3 is 33.5 Å². The predicted octanol–water partition coefficient (Wildman–Crippen LogP) is 5.93. The number of Topliss-reactive ketones (excluding diaryl/α,β-unsaturated/α-hetero) is 1. The van der Waals surface area contributed by atoms with Crippen molar-refractivity contribution in [2.75, 3.05) is 7.05 Å². The van der Waals surface area contributed by atoms with Crippen LogP contribution in [0.3, 0.4) is 0 Å². The Balaban J connectivity index is 1.45. The van der Waals surface area contributed by atoms with E-state index in [0.717, 1.165) is 5.56 Å². The summed E-state index contributed by atoms with van der Waals surface area (Å²) < 4.78 is 39.2. The minimum Gasteiger partial charge on any atom is -0.458 e. The lowest BCUT2D eigenvalue weighted by Gasteiger charge is -2.46. The molecule has 0 saturated carbocycles. The number of hydrogen-bond donors (Lipinski definition) is 1. The first-order valence-electron chi connectivity index (χ1n) is 18.0. The van der Waals surface area contributed by atoms with E-state index in [2.05, 4.69) is 11.8 Å². The third-order valence-corrected chi connectivity index (χ3v) is 11.7. The first-order valence-corrected chi connectivity index (χ1v) is 18.4. The van der Waals surface area contributed by atoms with Crippen molar-refractivity contribution in [2.24, 2.45) is 23.7 Å². The number of cyclic esters (lactones) is 1. The van der Waals surface area contributed by atoms with Crippen LogP contribution in [0.2, 0.25) is 5.02 Å². The number of hydrogen-bond acceptors (Lipinski definition) is 10. The summed E-state index contributed by atoms with van der Waals surface area (Å²) in [5, 5.41) is 12.4. The summed E-state index contributed by atoms with van der Waals surface area (Å²) in [6, 6.07) is 7.38. The van der Waals surface area contributed by atoms with Gasteiger partial charge in [0.2, 0.25) is 0 Å². The van der Waals surface area contributed by atoms with Gasteiger partial charge in [-0.25, -0.2) is 0 Å². The van der Waals surface area contributed by atoms with Crippen LogP contribution in [0, 0.1) is 23.7 Å². The molecule has 1 N–H and O–H groups in total. The smallest absolute Gasteiger partial charge is 0.316 e. The molecule has 0 radical (unpaired) electrons. The Hall–Kier alpha value is -1.63. The summed E-state index contributed by atoms with van der Waals surface area (Å²) in [4.78, 5) is 30.1. The second kappa shape index (κ2) is 14.4. The lowest BCUT2D eigenvalue weighted by molar-refractivity contribution is -0.296. The molecule has 0 amide bonds. The highest BCUT2D eigenvalue weighted by Crippen LogP contribution is 2.50. The van der Waals surface area contributed by atoms with Crippen LogP contribution in [0.5, 0.6) is 0 Å². The fourth-order valence-corrected chi connectivity index (χ4v) is 9.29. The number of rotatable bonds is 7. The van der Waals surface area contributed by atoms with Gasteiger partial charge in [0.25, 0.3) is 0 Å². The maximum atomic E-state index is 14.2. The number of likely N-dealkylation sites (N-methyl/N-ethyl adjacent to an activating group) is 1. The quantitative estimate of drug-likeness (QED) is 0.270. The van der Waals surface area contributed by atoms with Gasteiger partial charge in [0.15, 0.2) is 17.9 Å². The highest BCUT2D eigenvalue weighted by molar-refractivity contribution is 6.30. The predicted molar refractivity (Wildman–Crippen MR) is 185 cm³/mol. The number of fused-ring (bicyclic) bond motifs is 2. The molecule has 10 nitrogen and oxygen atoms in total. The lowest BCUT2D eigenvalue weighted by Crippen LogP contribution is -2.58. The Bertz CT molecular complexity index is 1340. The molecular formula is C38H58ClNO9. The summed E-state index contributed by atoms with van der Waals surface area (Å²) in [6.45, 7) is 19.7. The van der Waals surface area contributed by atoms with Gasteiger partial charge in [0.1, 0.15) is 23.7 Å². The normalized spacial score (nSPS) is 44.5. The molecule has 0 aromatic heterocycles. The SMILES string of the molecule is CC[C@H]1OC(C)(C)O[C@@]1(C)[C@@H]1OC(=O)[C@H](C)C(=O)[C@H](C)[C@H](O[C@@H]2OC(C)CC(N(C)Cc3ccc(Cl)cc3)C2O)[C@]2(C)CC(C)C(O2)[C@@H]1C. The highest BCUT2D eigenvalue weighted by Gasteiger charge is 2.61. The van der Waals surface area contributed by atoms with Crippen molar-refractivity contribution in [3.63, 3.8) is 0 Å². The molecule has 4 aliphatic rings. The molecule has 11 heteroatoms. The standard InChI is InChI=1S/C38H58ClNO9/c1-12-28-38(10,49-36(7,8)47-28)33-24(6)31-20(2)18-37(9,48-31)32(22(4)29(41)23(5)34(43)45-33)46-35-30(42)27(17-21(3)44-35)40(11)19-25-13-15-26(39)16-14-25/h13-16,20-24,27-28,30-33,35,42H,12,17-19H2,1-11H3/t20?,21?,22-,23+,24-,27?,28+,30?,31?,32-,33+,35-,37-,38+/m0/s1. The van der Waals surface area contributed by atoms with Crippen molar-refractivity contribution in [2.45, 2.75) is 161 Å². The van der Waals surface area contributed by atoms with Gasteiger partial charge in [-0.2, -0.15) is 0 Å². The zero-order valence-corrected chi connectivity index (χ0v) is 31.9. The Morgan fingerprint density at radius 2 is 1.67 bits per heavy atom. The first kappa shape index (κ1) is 38.6. The van der Waals surface area contributed by atoms with Crippen molar-refractivity contribution in [1.82, 2.24) is 4.90 Å². The zero-order valence-electron chi connectivity index (χ0n) is 31.1. The van der Waals surface area contributed by atoms with Crippen LogP contribution in [0.15, 0.2) is 24.3 Å². The maximum absolute atomic E-state index is 14.2.